The molecule has 4 nitrogen and oxygen atoms in total. The predicted molar refractivity (Wildman–Crippen MR) is 111 cm³/mol. The third-order valence-electron chi connectivity index (χ3n) is 4.51. The Morgan fingerprint density at radius 3 is 2.44 bits per heavy atom. The number of nitrogens with one attached hydrogen (secondary N) is 1. The summed E-state index contributed by atoms with van der Waals surface area (Å²) in [7, 11) is 2.01. The molecule has 0 spiro atoms. The molecule has 4 rings (SSSR count). The molecule has 0 atom stereocenters. The lowest BCUT2D eigenvalue weighted by Gasteiger charge is -2.07. The first kappa shape index (κ1) is 16.8. The van der Waals surface area contributed by atoms with Crippen LogP contribution in [0.25, 0.3) is 10.9 Å². The van der Waals surface area contributed by atoms with Crippen molar-refractivity contribution < 1.29 is 4.79 Å². The number of carbonyl (C=O) groups excluding carboxylic acids is 1. The second-order valence-electron chi connectivity index (χ2n) is 6.28. The van der Waals surface area contributed by atoms with Gasteiger partial charge in [0.25, 0.3) is 5.91 Å². The van der Waals surface area contributed by atoms with E-state index < -0.39 is 0 Å². The van der Waals surface area contributed by atoms with E-state index in [0.717, 1.165) is 22.3 Å². The van der Waals surface area contributed by atoms with Gasteiger partial charge < -0.3 is 9.88 Å². The number of aromatic nitrogens is 1. The van der Waals surface area contributed by atoms with E-state index in [1.807, 2.05) is 67.7 Å². The molecule has 0 radical (unpaired) electrons. The SMILES string of the molecule is Cn1c(/C=N/c2ccccc2C(=O)Nc2ccccc2)cc2ccccc21. The molecule has 0 saturated heterocycles. The third kappa shape index (κ3) is 3.51. The number of para-hydroxylation sites is 3. The van der Waals surface area contributed by atoms with Gasteiger partial charge in [0, 0.05) is 23.6 Å². The van der Waals surface area contributed by atoms with Gasteiger partial charge in [-0.15, -0.1) is 0 Å². The Kier molecular flexibility index (Phi) is 4.54. The van der Waals surface area contributed by atoms with Crippen molar-refractivity contribution in [2.45, 2.75) is 0 Å². The number of rotatable bonds is 4. The molecule has 1 amide bonds. The summed E-state index contributed by atoms with van der Waals surface area (Å²) >= 11 is 0. The van der Waals surface area contributed by atoms with E-state index in [0.29, 0.717) is 11.3 Å². The maximum absolute atomic E-state index is 12.7. The molecule has 0 aliphatic carbocycles. The van der Waals surface area contributed by atoms with Gasteiger partial charge >= 0.3 is 0 Å². The Morgan fingerprint density at radius 1 is 0.926 bits per heavy atom. The fraction of sp³-hybridized carbons (Fsp3) is 0.0435. The van der Waals surface area contributed by atoms with Gasteiger partial charge in [-0.3, -0.25) is 9.79 Å². The van der Waals surface area contributed by atoms with Crippen molar-refractivity contribution in [1.82, 2.24) is 4.57 Å². The molecule has 4 heteroatoms. The smallest absolute Gasteiger partial charge is 0.257 e. The Hall–Kier alpha value is -3.66. The summed E-state index contributed by atoms with van der Waals surface area (Å²) in [5, 5.41) is 4.08. The van der Waals surface area contributed by atoms with Crippen LogP contribution >= 0.6 is 0 Å². The minimum absolute atomic E-state index is 0.175. The molecule has 3 aromatic carbocycles. The zero-order valence-corrected chi connectivity index (χ0v) is 15.0. The van der Waals surface area contributed by atoms with E-state index in [2.05, 4.69) is 33.1 Å². The van der Waals surface area contributed by atoms with Gasteiger partial charge in [-0.1, -0.05) is 48.5 Å². The molecule has 132 valence electrons. The van der Waals surface area contributed by atoms with Gasteiger partial charge in [0.1, 0.15) is 0 Å². The van der Waals surface area contributed by atoms with Gasteiger partial charge in [-0.05, 0) is 36.4 Å². The fourth-order valence-electron chi connectivity index (χ4n) is 3.07. The summed E-state index contributed by atoms with van der Waals surface area (Å²) in [6, 6.07) is 27.1. The predicted octanol–water partition coefficient (Wildman–Crippen LogP) is 5.18. The molecular weight excluding hydrogens is 334 g/mol. The zero-order valence-electron chi connectivity index (χ0n) is 15.0. The first-order valence-corrected chi connectivity index (χ1v) is 8.76. The van der Waals surface area contributed by atoms with Gasteiger partial charge in [-0.25, -0.2) is 0 Å². The van der Waals surface area contributed by atoms with Crippen molar-refractivity contribution in [3.63, 3.8) is 0 Å². The molecule has 0 aliphatic heterocycles. The van der Waals surface area contributed by atoms with Crippen LogP contribution in [0, 0.1) is 0 Å². The largest absolute Gasteiger partial charge is 0.343 e. The highest BCUT2D eigenvalue weighted by Gasteiger charge is 2.11. The third-order valence-corrected chi connectivity index (χ3v) is 4.51. The summed E-state index contributed by atoms with van der Waals surface area (Å²) in [6.45, 7) is 0. The number of anilines is 1. The normalized spacial score (nSPS) is 11.1. The van der Waals surface area contributed by atoms with Crippen molar-refractivity contribution in [3.8, 4) is 0 Å². The van der Waals surface area contributed by atoms with E-state index in [9.17, 15) is 4.79 Å². The van der Waals surface area contributed by atoms with Crippen molar-refractivity contribution in [1.29, 1.82) is 0 Å². The van der Waals surface area contributed by atoms with Gasteiger partial charge in [-0.2, -0.15) is 0 Å². The molecule has 1 N–H and O–H groups in total. The Bertz CT molecular complexity index is 1130. The van der Waals surface area contributed by atoms with Gasteiger partial charge in [0.15, 0.2) is 0 Å². The molecule has 1 heterocycles. The number of hydrogen-bond acceptors (Lipinski definition) is 2. The first-order valence-electron chi connectivity index (χ1n) is 8.76. The number of benzene rings is 3. The summed E-state index contributed by atoms with van der Waals surface area (Å²) in [6.07, 6.45) is 1.80. The summed E-state index contributed by atoms with van der Waals surface area (Å²) < 4.78 is 2.09. The van der Waals surface area contributed by atoms with E-state index >= 15 is 0 Å². The number of aliphatic imine (C=N–C) groups is 1. The van der Waals surface area contributed by atoms with Crippen LogP contribution in [0.2, 0.25) is 0 Å². The highest BCUT2D eigenvalue weighted by molar-refractivity contribution is 6.08. The molecule has 27 heavy (non-hydrogen) atoms. The van der Waals surface area contributed by atoms with E-state index in [-0.39, 0.29) is 5.91 Å². The second kappa shape index (κ2) is 7.30. The highest BCUT2D eigenvalue weighted by atomic mass is 16.1. The average Bonchev–Trinajstić information content (AvgIpc) is 3.03. The lowest BCUT2D eigenvalue weighted by atomic mass is 10.1. The molecule has 4 aromatic rings. The number of amides is 1. The second-order valence-corrected chi connectivity index (χ2v) is 6.28. The monoisotopic (exact) mass is 353 g/mol. The van der Waals surface area contributed by atoms with Crippen molar-refractivity contribution >= 4 is 34.4 Å². The van der Waals surface area contributed by atoms with Crippen LogP contribution in [-0.4, -0.2) is 16.7 Å². The van der Waals surface area contributed by atoms with Crippen LogP contribution in [0.15, 0.2) is 89.9 Å². The van der Waals surface area contributed by atoms with Crippen LogP contribution < -0.4 is 5.32 Å². The van der Waals surface area contributed by atoms with Gasteiger partial charge in [0.05, 0.1) is 23.2 Å². The maximum atomic E-state index is 12.7. The van der Waals surface area contributed by atoms with Crippen molar-refractivity contribution in [3.05, 3.63) is 96.2 Å². The van der Waals surface area contributed by atoms with Gasteiger partial charge in [0.2, 0.25) is 0 Å². The van der Waals surface area contributed by atoms with E-state index in [1.54, 1.807) is 12.3 Å². The molecule has 0 bridgehead atoms. The minimum atomic E-state index is -0.175. The fourth-order valence-corrected chi connectivity index (χ4v) is 3.07. The lowest BCUT2D eigenvalue weighted by molar-refractivity contribution is 0.102. The summed E-state index contributed by atoms with van der Waals surface area (Å²) in [4.78, 5) is 17.3. The number of hydrogen-bond donors (Lipinski definition) is 1. The van der Waals surface area contributed by atoms with Crippen LogP contribution in [0.4, 0.5) is 11.4 Å². The highest BCUT2D eigenvalue weighted by Crippen LogP contribution is 2.22. The number of aryl methyl sites for hydroxylation is 1. The molecule has 0 unspecified atom stereocenters. The van der Waals surface area contributed by atoms with Crippen LogP contribution in [0.5, 0.6) is 0 Å². The van der Waals surface area contributed by atoms with Crippen LogP contribution in [0.1, 0.15) is 16.1 Å². The topological polar surface area (TPSA) is 46.4 Å². The van der Waals surface area contributed by atoms with E-state index in [4.69, 9.17) is 0 Å². The quantitative estimate of drug-likeness (QED) is 0.505. The molecular formula is C23H19N3O. The summed E-state index contributed by atoms with van der Waals surface area (Å²) in [5.74, 6) is -0.175. The van der Waals surface area contributed by atoms with Crippen molar-refractivity contribution in [2.24, 2.45) is 12.0 Å². The number of fused-ring (bicyclic) bond motifs is 1. The standard InChI is InChI=1S/C23H19N3O/c1-26-19(15-17-9-5-8-14-22(17)26)16-24-21-13-7-6-12-20(21)23(27)25-18-10-3-2-4-11-18/h2-16H,1H3,(H,25,27)/b24-16+. The average molecular weight is 353 g/mol. The van der Waals surface area contributed by atoms with Crippen LogP contribution in [0.3, 0.4) is 0 Å². The number of carbonyl (C=O) groups is 1. The minimum Gasteiger partial charge on any atom is -0.343 e. The molecule has 0 saturated carbocycles. The Labute approximate surface area is 157 Å². The lowest BCUT2D eigenvalue weighted by Crippen LogP contribution is -2.11. The molecule has 1 aromatic heterocycles. The first-order chi connectivity index (χ1) is 13.2. The summed E-state index contributed by atoms with van der Waals surface area (Å²) in [5.41, 5.74) is 4.06. The van der Waals surface area contributed by atoms with E-state index in [1.165, 1.54) is 0 Å². The van der Waals surface area contributed by atoms with Crippen LogP contribution in [-0.2, 0) is 7.05 Å². The Morgan fingerprint density at radius 2 is 1.63 bits per heavy atom. The van der Waals surface area contributed by atoms with Crippen molar-refractivity contribution in [2.75, 3.05) is 5.32 Å². The maximum Gasteiger partial charge on any atom is 0.257 e. The Balaban J connectivity index is 1.63. The molecule has 0 fully saturated rings. The zero-order chi connectivity index (χ0) is 18.6. The number of nitrogens with zero attached hydrogens (tertiary/aromatic N) is 2. The molecule has 0 aliphatic rings.